The fraction of sp³-hybridized carbons (Fsp3) is 0.786. The summed E-state index contributed by atoms with van der Waals surface area (Å²) in [5.74, 6) is 0. The summed E-state index contributed by atoms with van der Waals surface area (Å²) < 4.78 is 1.91. The SMILES string of the molecule is CCNC(c1ccn(C)n1)C1(CC)CCCC1. The first-order valence-electron chi connectivity index (χ1n) is 6.95. The first-order valence-corrected chi connectivity index (χ1v) is 6.95. The molecular formula is C14H25N3. The maximum Gasteiger partial charge on any atom is 0.0799 e. The standard InChI is InChI=1S/C14H25N3/c1-4-14(9-6-7-10-14)13(15-5-2)12-8-11-17(3)16-12/h8,11,13,15H,4-7,9-10H2,1-3H3. The van der Waals surface area contributed by atoms with Crippen LogP contribution in [0.4, 0.5) is 0 Å². The van der Waals surface area contributed by atoms with Gasteiger partial charge in [-0.25, -0.2) is 0 Å². The Kier molecular flexibility index (Phi) is 3.87. The van der Waals surface area contributed by atoms with Crippen LogP contribution in [0.2, 0.25) is 0 Å². The van der Waals surface area contributed by atoms with Crippen molar-refractivity contribution in [3.8, 4) is 0 Å². The van der Waals surface area contributed by atoms with Crippen LogP contribution in [0.3, 0.4) is 0 Å². The predicted molar refractivity (Wildman–Crippen MR) is 70.8 cm³/mol. The highest BCUT2D eigenvalue weighted by Gasteiger charge is 2.41. The van der Waals surface area contributed by atoms with Crippen LogP contribution in [0, 0.1) is 5.41 Å². The second-order valence-corrected chi connectivity index (χ2v) is 5.33. The maximum atomic E-state index is 4.62. The number of hydrogen-bond donors (Lipinski definition) is 1. The summed E-state index contributed by atoms with van der Waals surface area (Å²) in [6.07, 6.45) is 8.75. The van der Waals surface area contributed by atoms with E-state index in [9.17, 15) is 0 Å². The van der Waals surface area contributed by atoms with Gasteiger partial charge in [-0.2, -0.15) is 5.10 Å². The van der Waals surface area contributed by atoms with E-state index in [0.29, 0.717) is 11.5 Å². The average molecular weight is 235 g/mol. The summed E-state index contributed by atoms with van der Waals surface area (Å²) >= 11 is 0. The van der Waals surface area contributed by atoms with Gasteiger partial charge in [0.05, 0.1) is 11.7 Å². The molecule has 3 heteroatoms. The van der Waals surface area contributed by atoms with Crippen molar-refractivity contribution in [2.24, 2.45) is 12.5 Å². The van der Waals surface area contributed by atoms with Crippen LogP contribution in [-0.2, 0) is 7.05 Å². The molecule has 0 radical (unpaired) electrons. The van der Waals surface area contributed by atoms with E-state index in [1.54, 1.807) is 0 Å². The van der Waals surface area contributed by atoms with Gasteiger partial charge in [-0.3, -0.25) is 4.68 Å². The number of aromatic nitrogens is 2. The molecule has 2 rings (SSSR count). The normalized spacial score (nSPS) is 20.6. The summed E-state index contributed by atoms with van der Waals surface area (Å²) in [6.45, 7) is 5.54. The minimum Gasteiger partial charge on any atom is -0.308 e. The van der Waals surface area contributed by atoms with Gasteiger partial charge in [0.1, 0.15) is 0 Å². The van der Waals surface area contributed by atoms with Gasteiger partial charge >= 0.3 is 0 Å². The third kappa shape index (κ3) is 2.39. The molecule has 1 atom stereocenters. The predicted octanol–water partition coefficient (Wildman–Crippen LogP) is 3.04. The molecule has 0 amide bonds. The van der Waals surface area contributed by atoms with E-state index in [4.69, 9.17) is 0 Å². The zero-order valence-electron chi connectivity index (χ0n) is 11.4. The number of aryl methyl sites for hydroxylation is 1. The number of nitrogens with one attached hydrogen (secondary N) is 1. The van der Waals surface area contributed by atoms with Crippen LogP contribution in [0.25, 0.3) is 0 Å². The van der Waals surface area contributed by atoms with Crippen LogP contribution in [0.1, 0.15) is 57.7 Å². The van der Waals surface area contributed by atoms with Crippen molar-refractivity contribution in [2.45, 2.75) is 52.0 Å². The maximum absolute atomic E-state index is 4.62. The molecule has 1 aromatic rings. The van der Waals surface area contributed by atoms with Crippen LogP contribution in [0.5, 0.6) is 0 Å². The van der Waals surface area contributed by atoms with Crippen LogP contribution in [0.15, 0.2) is 12.3 Å². The number of rotatable bonds is 5. The molecule has 0 aliphatic heterocycles. The lowest BCUT2D eigenvalue weighted by atomic mass is 9.75. The molecule has 1 fully saturated rings. The van der Waals surface area contributed by atoms with Gasteiger partial charge in [-0.05, 0) is 37.3 Å². The van der Waals surface area contributed by atoms with E-state index < -0.39 is 0 Å². The summed E-state index contributed by atoms with van der Waals surface area (Å²) in [5.41, 5.74) is 1.66. The molecule has 17 heavy (non-hydrogen) atoms. The van der Waals surface area contributed by atoms with Gasteiger partial charge in [0.2, 0.25) is 0 Å². The van der Waals surface area contributed by atoms with Crippen molar-refractivity contribution in [2.75, 3.05) is 6.54 Å². The molecule has 1 aromatic heterocycles. The smallest absolute Gasteiger partial charge is 0.0799 e. The Bertz CT molecular complexity index is 350. The van der Waals surface area contributed by atoms with Crippen LogP contribution >= 0.6 is 0 Å². The zero-order chi connectivity index (χ0) is 12.3. The largest absolute Gasteiger partial charge is 0.308 e. The molecule has 3 nitrogen and oxygen atoms in total. The molecule has 1 heterocycles. The quantitative estimate of drug-likeness (QED) is 0.850. The van der Waals surface area contributed by atoms with Gasteiger partial charge < -0.3 is 5.32 Å². The van der Waals surface area contributed by atoms with Gasteiger partial charge in [0.25, 0.3) is 0 Å². The van der Waals surface area contributed by atoms with E-state index in [0.717, 1.165) is 6.54 Å². The van der Waals surface area contributed by atoms with E-state index in [1.165, 1.54) is 37.8 Å². The second-order valence-electron chi connectivity index (χ2n) is 5.33. The summed E-state index contributed by atoms with van der Waals surface area (Å²) in [4.78, 5) is 0. The average Bonchev–Trinajstić information content (AvgIpc) is 2.95. The Labute approximate surface area is 105 Å². The van der Waals surface area contributed by atoms with Crippen molar-refractivity contribution in [1.82, 2.24) is 15.1 Å². The highest BCUT2D eigenvalue weighted by atomic mass is 15.3. The lowest BCUT2D eigenvalue weighted by Gasteiger charge is -2.36. The monoisotopic (exact) mass is 235 g/mol. The molecule has 0 saturated heterocycles. The Morgan fingerprint density at radius 1 is 1.41 bits per heavy atom. The Balaban J connectivity index is 2.27. The highest BCUT2D eigenvalue weighted by molar-refractivity contribution is 5.12. The molecule has 1 saturated carbocycles. The van der Waals surface area contributed by atoms with Gasteiger partial charge in [-0.15, -0.1) is 0 Å². The van der Waals surface area contributed by atoms with Crippen molar-refractivity contribution in [1.29, 1.82) is 0 Å². The van der Waals surface area contributed by atoms with Crippen LogP contribution < -0.4 is 5.32 Å². The van der Waals surface area contributed by atoms with Gasteiger partial charge in [0, 0.05) is 13.2 Å². The van der Waals surface area contributed by atoms with E-state index in [2.05, 4.69) is 36.5 Å². The van der Waals surface area contributed by atoms with Crippen molar-refractivity contribution in [3.63, 3.8) is 0 Å². The molecule has 1 aliphatic carbocycles. The summed E-state index contributed by atoms with van der Waals surface area (Å²) in [7, 11) is 2.00. The second kappa shape index (κ2) is 5.21. The topological polar surface area (TPSA) is 29.9 Å². The summed E-state index contributed by atoms with van der Waals surface area (Å²) in [6, 6.07) is 2.60. The molecule has 0 bridgehead atoms. The zero-order valence-corrected chi connectivity index (χ0v) is 11.4. The molecule has 0 spiro atoms. The first-order chi connectivity index (χ1) is 8.22. The molecule has 0 aromatic carbocycles. The van der Waals surface area contributed by atoms with E-state index in [-0.39, 0.29) is 0 Å². The molecule has 1 unspecified atom stereocenters. The molecule has 96 valence electrons. The van der Waals surface area contributed by atoms with Crippen molar-refractivity contribution >= 4 is 0 Å². The highest BCUT2D eigenvalue weighted by Crippen LogP contribution is 2.49. The number of nitrogens with zero attached hydrogens (tertiary/aromatic N) is 2. The molecule has 1 N–H and O–H groups in total. The van der Waals surface area contributed by atoms with E-state index in [1.807, 2.05) is 11.7 Å². The van der Waals surface area contributed by atoms with Gasteiger partial charge in [-0.1, -0.05) is 26.7 Å². The fourth-order valence-electron chi connectivity index (χ4n) is 3.35. The number of hydrogen-bond acceptors (Lipinski definition) is 2. The lowest BCUT2D eigenvalue weighted by molar-refractivity contribution is 0.185. The fourth-order valence-corrected chi connectivity index (χ4v) is 3.35. The van der Waals surface area contributed by atoms with E-state index >= 15 is 0 Å². The molecular weight excluding hydrogens is 210 g/mol. The minimum absolute atomic E-state index is 0.432. The van der Waals surface area contributed by atoms with Crippen LogP contribution in [-0.4, -0.2) is 16.3 Å². The summed E-state index contributed by atoms with van der Waals surface area (Å²) in [5, 5.41) is 8.29. The van der Waals surface area contributed by atoms with Gasteiger partial charge in [0.15, 0.2) is 0 Å². The van der Waals surface area contributed by atoms with Crippen molar-refractivity contribution in [3.05, 3.63) is 18.0 Å². The van der Waals surface area contributed by atoms with Crippen molar-refractivity contribution < 1.29 is 0 Å². The third-order valence-electron chi connectivity index (χ3n) is 4.35. The Hall–Kier alpha value is -0.830. The third-order valence-corrected chi connectivity index (χ3v) is 4.35. The Morgan fingerprint density at radius 3 is 2.59 bits per heavy atom. The first kappa shape index (κ1) is 12.6. The Morgan fingerprint density at radius 2 is 2.12 bits per heavy atom. The molecule has 1 aliphatic rings. The minimum atomic E-state index is 0.432. The lowest BCUT2D eigenvalue weighted by Crippen LogP contribution is -2.36.